The van der Waals surface area contributed by atoms with E-state index in [1.165, 1.54) is 11.0 Å². The smallest absolute Gasteiger partial charge is 0.261 e. The first kappa shape index (κ1) is 11.5. The lowest BCUT2D eigenvalue weighted by atomic mass is 10.2. The number of nitrogens with zero attached hydrogens (tertiary/aromatic N) is 1. The van der Waals surface area contributed by atoms with Crippen LogP contribution >= 0.6 is 0 Å². The summed E-state index contributed by atoms with van der Waals surface area (Å²) in [5, 5.41) is 0. The lowest BCUT2D eigenvalue weighted by molar-refractivity contribution is -0.120. The van der Waals surface area contributed by atoms with Gasteiger partial charge in [0.05, 0.1) is 12.3 Å². The van der Waals surface area contributed by atoms with Gasteiger partial charge in [-0.1, -0.05) is 12.1 Å². The fourth-order valence-electron chi connectivity index (χ4n) is 1.78. The molecule has 1 aliphatic rings. The Hall–Kier alpha value is -1.94. The van der Waals surface area contributed by atoms with Crippen LogP contribution in [0.2, 0.25) is 0 Å². The van der Waals surface area contributed by atoms with E-state index in [-0.39, 0.29) is 11.8 Å². The fourth-order valence-corrected chi connectivity index (χ4v) is 1.78. The van der Waals surface area contributed by atoms with E-state index in [1.54, 1.807) is 32.2 Å². The molecule has 1 aliphatic heterocycles. The highest BCUT2D eigenvalue weighted by Gasteiger charge is 2.29. The van der Waals surface area contributed by atoms with E-state index >= 15 is 0 Å². The van der Waals surface area contributed by atoms with E-state index < -0.39 is 0 Å². The normalized spacial score (nSPS) is 15.4. The maximum absolute atomic E-state index is 11.8. The third kappa shape index (κ3) is 2.12. The molecule has 0 aliphatic carbocycles. The molecule has 1 heterocycles. The molecule has 0 N–H and O–H groups in total. The third-order valence-electron chi connectivity index (χ3n) is 2.58. The number of imide groups is 1. The van der Waals surface area contributed by atoms with Crippen molar-refractivity contribution in [1.82, 2.24) is 0 Å². The van der Waals surface area contributed by atoms with Crippen molar-refractivity contribution < 1.29 is 14.3 Å². The first-order valence-electron chi connectivity index (χ1n) is 5.28. The molecule has 0 fully saturated rings. The van der Waals surface area contributed by atoms with Crippen molar-refractivity contribution in [2.75, 3.05) is 12.0 Å². The molecule has 2 amide bonds. The van der Waals surface area contributed by atoms with Crippen molar-refractivity contribution in [3.63, 3.8) is 0 Å². The number of ether oxygens (including phenoxy) is 1. The molecule has 0 radical (unpaired) electrons. The van der Waals surface area contributed by atoms with Gasteiger partial charge >= 0.3 is 0 Å². The molecule has 0 saturated heterocycles. The molecule has 2 rings (SSSR count). The molecule has 4 nitrogen and oxygen atoms in total. The second kappa shape index (κ2) is 4.51. The summed E-state index contributed by atoms with van der Waals surface area (Å²) < 4.78 is 5.02. The van der Waals surface area contributed by atoms with Crippen molar-refractivity contribution in [3.8, 4) is 0 Å². The topological polar surface area (TPSA) is 46.6 Å². The summed E-state index contributed by atoms with van der Waals surface area (Å²) in [6, 6.07) is 7.21. The van der Waals surface area contributed by atoms with E-state index in [4.69, 9.17) is 4.74 Å². The van der Waals surface area contributed by atoms with Crippen LogP contribution in [0.4, 0.5) is 5.69 Å². The maximum Gasteiger partial charge on any atom is 0.261 e. The molecular formula is C13H13NO3. The van der Waals surface area contributed by atoms with Crippen molar-refractivity contribution in [2.45, 2.75) is 13.5 Å². The number of benzene rings is 1. The monoisotopic (exact) mass is 231 g/mol. The highest BCUT2D eigenvalue weighted by atomic mass is 16.5. The summed E-state index contributed by atoms with van der Waals surface area (Å²) in [7, 11) is 1.60. The van der Waals surface area contributed by atoms with E-state index in [9.17, 15) is 9.59 Å². The van der Waals surface area contributed by atoms with Gasteiger partial charge in [0.15, 0.2) is 0 Å². The van der Waals surface area contributed by atoms with Crippen LogP contribution in [0.3, 0.4) is 0 Å². The van der Waals surface area contributed by atoms with E-state index in [0.29, 0.717) is 17.9 Å². The Bertz CT molecular complexity index is 505. The Morgan fingerprint density at radius 2 is 2.06 bits per heavy atom. The van der Waals surface area contributed by atoms with Crippen LogP contribution in [0.15, 0.2) is 35.9 Å². The highest BCUT2D eigenvalue weighted by molar-refractivity contribution is 6.30. The van der Waals surface area contributed by atoms with Crippen LogP contribution in [-0.2, 0) is 20.9 Å². The van der Waals surface area contributed by atoms with Crippen molar-refractivity contribution in [2.24, 2.45) is 0 Å². The molecule has 0 unspecified atom stereocenters. The Labute approximate surface area is 99.5 Å². The molecule has 88 valence electrons. The largest absolute Gasteiger partial charge is 0.380 e. The van der Waals surface area contributed by atoms with Gasteiger partial charge in [-0.25, -0.2) is 4.90 Å². The van der Waals surface area contributed by atoms with Gasteiger partial charge in [0.2, 0.25) is 0 Å². The summed E-state index contributed by atoms with van der Waals surface area (Å²) >= 11 is 0. The molecule has 0 atom stereocenters. The molecule has 1 aromatic rings. The predicted molar refractivity (Wildman–Crippen MR) is 63.4 cm³/mol. The van der Waals surface area contributed by atoms with Crippen molar-refractivity contribution in [3.05, 3.63) is 41.5 Å². The van der Waals surface area contributed by atoms with Crippen LogP contribution in [0, 0.1) is 0 Å². The number of hydrogen-bond acceptors (Lipinski definition) is 3. The van der Waals surface area contributed by atoms with Crippen LogP contribution in [0.25, 0.3) is 0 Å². The zero-order valence-electron chi connectivity index (χ0n) is 9.77. The number of methoxy groups -OCH3 is 1. The fraction of sp³-hybridized carbons (Fsp3) is 0.231. The Morgan fingerprint density at radius 3 is 2.65 bits per heavy atom. The molecule has 1 aromatic carbocycles. The zero-order chi connectivity index (χ0) is 12.4. The minimum absolute atomic E-state index is 0.260. The minimum Gasteiger partial charge on any atom is -0.380 e. The van der Waals surface area contributed by atoms with Gasteiger partial charge in [0.1, 0.15) is 0 Å². The number of hydrogen-bond donors (Lipinski definition) is 0. The van der Waals surface area contributed by atoms with E-state index in [1.807, 2.05) is 6.07 Å². The van der Waals surface area contributed by atoms with Gasteiger partial charge in [-0.15, -0.1) is 0 Å². The van der Waals surface area contributed by atoms with Gasteiger partial charge < -0.3 is 4.74 Å². The summed E-state index contributed by atoms with van der Waals surface area (Å²) in [5.41, 5.74) is 1.98. The van der Waals surface area contributed by atoms with E-state index in [2.05, 4.69) is 0 Å². The van der Waals surface area contributed by atoms with Gasteiger partial charge in [-0.05, 0) is 24.6 Å². The number of rotatable bonds is 3. The first-order valence-corrected chi connectivity index (χ1v) is 5.28. The Morgan fingerprint density at radius 1 is 1.29 bits per heavy atom. The Kier molecular flexibility index (Phi) is 3.06. The van der Waals surface area contributed by atoms with Gasteiger partial charge in [-0.3, -0.25) is 9.59 Å². The quantitative estimate of drug-likeness (QED) is 0.743. The average Bonchev–Trinajstić information content (AvgIpc) is 2.54. The molecule has 17 heavy (non-hydrogen) atoms. The SMILES string of the molecule is COCc1cccc(N2C(=O)C=C(C)C2=O)c1. The lowest BCUT2D eigenvalue weighted by Crippen LogP contribution is -2.30. The van der Waals surface area contributed by atoms with Crippen molar-refractivity contribution >= 4 is 17.5 Å². The maximum atomic E-state index is 11.8. The molecular weight excluding hydrogens is 218 g/mol. The first-order chi connectivity index (χ1) is 8.13. The number of carbonyl (C=O) groups excluding carboxylic acids is 2. The van der Waals surface area contributed by atoms with Crippen LogP contribution in [0.1, 0.15) is 12.5 Å². The molecule has 0 bridgehead atoms. The molecule has 0 aromatic heterocycles. The number of carbonyl (C=O) groups is 2. The van der Waals surface area contributed by atoms with Crippen LogP contribution in [-0.4, -0.2) is 18.9 Å². The number of amides is 2. The highest BCUT2D eigenvalue weighted by Crippen LogP contribution is 2.23. The van der Waals surface area contributed by atoms with Crippen LogP contribution in [0.5, 0.6) is 0 Å². The number of anilines is 1. The second-order valence-electron chi connectivity index (χ2n) is 3.91. The molecule has 4 heteroatoms. The summed E-state index contributed by atoms with van der Waals surface area (Å²) in [6.07, 6.45) is 1.35. The standard InChI is InChI=1S/C13H13NO3/c1-9-6-12(15)14(13(9)16)11-5-3-4-10(7-11)8-17-2/h3-7H,8H2,1-2H3. The lowest BCUT2D eigenvalue weighted by Gasteiger charge is -2.15. The van der Waals surface area contributed by atoms with Gasteiger partial charge in [0, 0.05) is 18.8 Å². The predicted octanol–water partition coefficient (Wildman–Crippen LogP) is 1.65. The minimum atomic E-state index is -0.290. The van der Waals surface area contributed by atoms with Gasteiger partial charge in [0.25, 0.3) is 11.8 Å². The van der Waals surface area contributed by atoms with Crippen LogP contribution < -0.4 is 4.90 Å². The van der Waals surface area contributed by atoms with E-state index in [0.717, 1.165) is 5.56 Å². The third-order valence-corrected chi connectivity index (χ3v) is 2.58. The Balaban J connectivity index is 2.32. The summed E-state index contributed by atoms with van der Waals surface area (Å²) in [5.74, 6) is -0.549. The molecule has 0 saturated carbocycles. The summed E-state index contributed by atoms with van der Waals surface area (Å²) in [6.45, 7) is 2.09. The molecule has 0 spiro atoms. The van der Waals surface area contributed by atoms with Gasteiger partial charge in [-0.2, -0.15) is 0 Å². The second-order valence-corrected chi connectivity index (χ2v) is 3.91. The zero-order valence-corrected chi connectivity index (χ0v) is 9.77. The summed E-state index contributed by atoms with van der Waals surface area (Å²) in [4.78, 5) is 24.6. The van der Waals surface area contributed by atoms with Crippen molar-refractivity contribution in [1.29, 1.82) is 0 Å². The average molecular weight is 231 g/mol.